The van der Waals surface area contributed by atoms with Crippen molar-refractivity contribution in [3.05, 3.63) is 41.4 Å². The van der Waals surface area contributed by atoms with Gasteiger partial charge in [-0.1, -0.05) is 18.1 Å². The van der Waals surface area contributed by atoms with E-state index in [1.54, 1.807) is 20.8 Å². The maximum absolute atomic E-state index is 13.9. The number of rotatable bonds is 17. The number of aromatic nitrogens is 4. The van der Waals surface area contributed by atoms with E-state index in [4.69, 9.17) is 62.8 Å². The third-order valence-corrected chi connectivity index (χ3v) is 8.97. The molecule has 3 amide bonds. The maximum atomic E-state index is 13.9. The number of nitrogens with one attached hydrogen (secondary N) is 3. The topological polar surface area (TPSA) is 247 Å². The van der Waals surface area contributed by atoms with Crippen LogP contribution >= 0.6 is 23.2 Å². The van der Waals surface area contributed by atoms with E-state index in [0.29, 0.717) is 30.1 Å². The normalized spacial score (nSPS) is 18.7. The van der Waals surface area contributed by atoms with Crippen LogP contribution in [0.25, 0.3) is 11.2 Å². The molecule has 1 aliphatic rings. The second-order valence-corrected chi connectivity index (χ2v) is 15.0. The van der Waals surface area contributed by atoms with Crippen molar-refractivity contribution in [1.29, 1.82) is 0 Å². The summed E-state index contributed by atoms with van der Waals surface area (Å²) in [5.74, 6) is -1.49. The molecule has 1 aromatic carbocycles. The van der Waals surface area contributed by atoms with Crippen molar-refractivity contribution in [2.45, 2.75) is 96.5 Å². The Morgan fingerprint density at radius 3 is 2.20 bits per heavy atom. The second kappa shape index (κ2) is 20.7. The largest absolute Gasteiger partial charge is 0.463 e. The third-order valence-electron chi connectivity index (χ3n) is 8.53. The highest BCUT2D eigenvalue weighted by Crippen LogP contribution is 2.44. The number of alkyl halides is 1. The van der Waals surface area contributed by atoms with E-state index in [-0.39, 0.29) is 35.5 Å². The fraction of sp³-hybridized carbons (Fsp3) is 0.513. The lowest BCUT2D eigenvalue weighted by atomic mass is 9.91. The Morgan fingerprint density at radius 1 is 0.984 bits per heavy atom. The average molecular weight is 893 g/mol. The maximum Gasteiger partial charge on any atom is 0.413 e. The van der Waals surface area contributed by atoms with E-state index in [0.717, 1.165) is 13.8 Å². The Hall–Kier alpha value is -5.75. The Bertz CT molecular complexity index is 2120. The van der Waals surface area contributed by atoms with Gasteiger partial charge in [0.05, 0.1) is 26.1 Å². The summed E-state index contributed by atoms with van der Waals surface area (Å²) < 4.78 is 41.4. The Labute approximate surface area is 360 Å². The first-order valence-corrected chi connectivity index (χ1v) is 19.8. The van der Waals surface area contributed by atoms with Gasteiger partial charge in [0.15, 0.2) is 23.2 Å². The molecule has 4 rings (SSSR count). The van der Waals surface area contributed by atoms with Crippen molar-refractivity contribution in [3.63, 3.8) is 0 Å². The summed E-state index contributed by atoms with van der Waals surface area (Å²) in [6.07, 6.45) is 1.70. The predicted octanol–water partition coefficient (Wildman–Crippen LogP) is 4.47. The van der Waals surface area contributed by atoms with Crippen LogP contribution in [0, 0.1) is 12.3 Å². The highest BCUT2D eigenvalue weighted by atomic mass is 35.5. The molecule has 0 saturated carbocycles. The minimum absolute atomic E-state index is 0.0178. The zero-order valence-corrected chi connectivity index (χ0v) is 36.0. The summed E-state index contributed by atoms with van der Waals surface area (Å²) in [5.41, 5.74) is -5.04. The van der Waals surface area contributed by atoms with E-state index < -0.39 is 84.3 Å². The van der Waals surface area contributed by atoms with E-state index in [9.17, 15) is 28.8 Å². The molecule has 61 heavy (non-hydrogen) atoms. The van der Waals surface area contributed by atoms with Crippen LogP contribution in [-0.2, 0) is 58.8 Å². The van der Waals surface area contributed by atoms with Gasteiger partial charge < -0.3 is 43.8 Å². The predicted molar refractivity (Wildman–Crippen MR) is 217 cm³/mol. The zero-order valence-electron chi connectivity index (χ0n) is 34.5. The molecule has 0 radical (unpaired) electrons. The smallest absolute Gasteiger partial charge is 0.413 e. The molecule has 330 valence electrons. The van der Waals surface area contributed by atoms with E-state index >= 15 is 0 Å². The van der Waals surface area contributed by atoms with Crippen LogP contribution in [0.4, 0.5) is 21.1 Å². The number of amides is 3. The van der Waals surface area contributed by atoms with Crippen LogP contribution in [0.1, 0.15) is 66.7 Å². The number of hydrogen-bond acceptors (Lipinski definition) is 16. The molecule has 3 N–H and O–H groups in total. The fourth-order valence-electron chi connectivity index (χ4n) is 6.11. The number of hydrogen-bond donors (Lipinski definition) is 3. The molecule has 1 saturated heterocycles. The number of imidazole rings is 1. The first kappa shape index (κ1) is 47.9. The lowest BCUT2D eigenvalue weighted by Crippen LogP contribution is -2.57. The van der Waals surface area contributed by atoms with Crippen molar-refractivity contribution in [2.24, 2.45) is 0 Å². The molecule has 20 nitrogen and oxygen atoms in total. The number of carbonyl (C=O) groups excluding carboxylic acids is 6. The van der Waals surface area contributed by atoms with Gasteiger partial charge >= 0.3 is 36.0 Å². The molecular weight excluding hydrogens is 845 g/mol. The van der Waals surface area contributed by atoms with Crippen molar-refractivity contribution in [1.82, 2.24) is 24.8 Å². The molecule has 0 bridgehead atoms. The van der Waals surface area contributed by atoms with Crippen molar-refractivity contribution in [2.75, 3.05) is 42.9 Å². The SMILES string of the molecule is C#C[C@@]1(OC(C)=O)[C@@H](COC(Cc2ccc(NC(=O)NCCCCl)cc2)(C(=O)OCC)C(=O)OCC)O[C@@H](n2cnc3c(NC(=O)OC(C)(C)C)nc(Cl)nc32)[C@@H]1OC(C)=O. The van der Waals surface area contributed by atoms with Gasteiger partial charge in [0.25, 0.3) is 5.60 Å². The number of urea groups is 1. The molecule has 4 atom stereocenters. The van der Waals surface area contributed by atoms with Gasteiger partial charge in [-0.2, -0.15) is 9.97 Å². The minimum Gasteiger partial charge on any atom is -0.463 e. The number of carbonyl (C=O) groups is 6. The minimum atomic E-state index is -2.53. The Morgan fingerprint density at radius 2 is 1.64 bits per heavy atom. The standard InChI is InChI=1S/C39H47Cl2N7O13/c1-9-38(60-23(5)50)26(59-31(28(38)58-22(4)49)48-21-43-27-29(45-34(41)47-30(27)48)46-36(54)61-37(6,7)8)20-57-39(32(51)55-10-2,33(52)56-11-3)19-24-13-15-25(16-14-24)44-35(53)42-18-12-17-40/h1,13-16,21,26,28,31H,10-12,17-20H2,2-8H3,(H2,42,44,53)(H,45,46,47,54)/t26-,28+,31-,38-/m1/s1. The van der Waals surface area contributed by atoms with Gasteiger partial charge in [0, 0.05) is 38.4 Å². The molecule has 3 heterocycles. The summed E-state index contributed by atoms with van der Waals surface area (Å²) in [5, 5.41) is 7.46. The summed E-state index contributed by atoms with van der Waals surface area (Å²) in [7, 11) is 0. The first-order valence-electron chi connectivity index (χ1n) is 18.9. The van der Waals surface area contributed by atoms with Crippen molar-refractivity contribution >= 4 is 81.9 Å². The lowest BCUT2D eigenvalue weighted by Gasteiger charge is -2.35. The van der Waals surface area contributed by atoms with E-state index in [2.05, 4.69) is 36.8 Å². The Kier molecular flexibility index (Phi) is 16.2. The molecule has 3 aromatic rings. The molecule has 2 aromatic heterocycles. The zero-order chi connectivity index (χ0) is 45.1. The number of halogens is 2. The van der Waals surface area contributed by atoms with Crippen molar-refractivity contribution in [3.8, 4) is 12.3 Å². The van der Waals surface area contributed by atoms with E-state index in [1.165, 1.54) is 49.0 Å². The fourth-order valence-corrected chi connectivity index (χ4v) is 6.41. The summed E-state index contributed by atoms with van der Waals surface area (Å²) in [4.78, 5) is 91.0. The van der Waals surface area contributed by atoms with Gasteiger partial charge in [0.1, 0.15) is 11.7 Å². The number of benzene rings is 1. The highest BCUT2D eigenvalue weighted by Gasteiger charge is 2.63. The first-order chi connectivity index (χ1) is 28.8. The van der Waals surface area contributed by atoms with Gasteiger partial charge in [-0.3, -0.25) is 19.5 Å². The molecule has 0 unspecified atom stereocenters. The molecule has 0 spiro atoms. The summed E-state index contributed by atoms with van der Waals surface area (Å²) in [6.45, 7) is 9.35. The lowest BCUT2D eigenvalue weighted by molar-refractivity contribution is -0.200. The van der Waals surface area contributed by atoms with Crippen LogP contribution in [-0.4, -0.2) is 117 Å². The molecule has 22 heteroatoms. The van der Waals surface area contributed by atoms with Gasteiger partial charge in [-0.05, 0) is 70.3 Å². The number of anilines is 2. The third kappa shape index (κ3) is 11.8. The summed E-state index contributed by atoms with van der Waals surface area (Å²) >= 11 is 12.0. The quantitative estimate of drug-likeness (QED) is 0.0322. The van der Waals surface area contributed by atoms with Gasteiger partial charge in [0.2, 0.25) is 17.0 Å². The molecule has 1 fully saturated rings. The highest BCUT2D eigenvalue weighted by molar-refractivity contribution is 6.28. The second-order valence-electron chi connectivity index (χ2n) is 14.2. The summed E-state index contributed by atoms with van der Waals surface area (Å²) in [6, 6.07) is 5.68. The number of ether oxygens (including phenoxy) is 7. The molecule has 0 aliphatic carbocycles. The number of esters is 4. The molecular formula is C39H47Cl2N7O13. The number of terminal acetylenes is 1. The monoisotopic (exact) mass is 891 g/mol. The van der Waals surface area contributed by atoms with Crippen LogP contribution in [0.15, 0.2) is 30.6 Å². The van der Waals surface area contributed by atoms with E-state index in [1.807, 2.05) is 0 Å². The number of fused-ring (bicyclic) bond motifs is 1. The van der Waals surface area contributed by atoms with Crippen LogP contribution < -0.4 is 16.0 Å². The average Bonchev–Trinajstić information content (AvgIpc) is 3.71. The van der Waals surface area contributed by atoms with Gasteiger partial charge in [-0.15, -0.1) is 18.0 Å². The van der Waals surface area contributed by atoms with Crippen molar-refractivity contribution < 1.29 is 61.9 Å². The number of nitrogens with zero attached hydrogens (tertiary/aromatic N) is 4. The molecule has 1 aliphatic heterocycles. The Balaban J connectivity index is 1.79. The van der Waals surface area contributed by atoms with Gasteiger partial charge in [-0.25, -0.2) is 24.2 Å². The van der Waals surface area contributed by atoms with Crippen LogP contribution in [0.5, 0.6) is 0 Å². The van der Waals surface area contributed by atoms with Crippen LogP contribution in [0.3, 0.4) is 0 Å². The van der Waals surface area contributed by atoms with Crippen LogP contribution in [0.2, 0.25) is 5.28 Å².